The molecule has 4 heteroatoms. The molecule has 0 heterocycles. The standard InChI is InChI=1S/C13H16FN3/c14-10-4-5-12(16)13(7-10)17-11-3-1-2-9(6-11)8-15/h4-5,7,9,11,17H,1-3,6,16H2. The first-order valence-corrected chi connectivity index (χ1v) is 5.90. The molecule has 0 bridgehead atoms. The van der Waals surface area contributed by atoms with Crippen LogP contribution in [0.15, 0.2) is 18.2 Å². The van der Waals surface area contributed by atoms with Crippen LogP contribution in [0.2, 0.25) is 0 Å². The van der Waals surface area contributed by atoms with Gasteiger partial charge in [0.25, 0.3) is 0 Å². The third kappa shape index (κ3) is 2.88. The molecular formula is C13H16FN3. The number of nitrogens with one attached hydrogen (secondary N) is 1. The minimum Gasteiger partial charge on any atom is -0.397 e. The molecule has 1 saturated carbocycles. The number of halogens is 1. The molecule has 2 unspecified atom stereocenters. The summed E-state index contributed by atoms with van der Waals surface area (Å²) in [6.45, 7) is 0. The molecule has 1 aromatic rings. The van der Waals surface area contributed by atoms with Crippen molar-refractivity contribution in [2.45, 2.75) is 31.7 Å². The van der Waals surface area contributed by atoms with Crippen molar-refractivity contribution in [1.82, 2.24) is 0 Å². The second-order valence-corrected chi connectivity index (χ2v) is 4.57. The molecule has 0 saturated heterocycles. The van der Waals surface area contributed by atoms with Gasteiger partial charge in [-0.15, -0.1) is 0 Å². The summed E-state index contributed by atoms with van der Waals surface area (Å²) in [5.41, 5.74) is 6.96. The number of rotatable bonds is 2. The normalized spacial score (nSPS) is 24.0. The number of nitrogens with zero attached hydrogens (tertiary/aromatic N) is 1. The average Bonchev–Trinajstić information content (AvgIpc) is 2.34. The van der Waals surface area contributed by atoms with Gasteiger partial charge in [0.1, 0.15) is 5.82 Å². The van der Waals surface area contributed by atoms with Crippen LogP contribution in [0.5, 0.6) is 0 Å². The van der Waals surface area contributed by atoms with Crippen LogP contribution in [0.25, 0.3) is 0 Å². The molecule has 1 aliphatic rings. The molecule has 17 heavy (non-hydrogen) atoms. The maximum atomic E-state index is 13.1. The van der Waals surface area contributed by atoms with Gasteiger partial charge in [0, 0.05) is 12.0 Å². The Labute approximate surface area is 100 Å². The fourth-order valence-corrected chi connectivity index (χ4v) is 2.31. The van der Waals surface area contributed by atoms with Crippen molar-refractivity contribution in [3.05, 3.63) is 24.0 Å². The number of hydrogen-bond donors (Lipinski definition) is 2. The number of nitrogens with two attached hydrogens (primary N) is 1. The lowest BCUT2D eigenvalue weighted by Gasteiger charge is -2.27. The maximum absolute atomic E-state index is 13.1. The van der Waals surface area contributed by atoms with Crippen LogP contribution in [0.1, 0.15) is 25.7 Å². The molecule has 3 N–H and O–H groups in total. The Hall–Kier alpha value is -1.76. The van der Waals surface area contributed by atoms with Crippen molar-refractivity contribution in [3.63, 3.8) is 0 Å². The van der Waals surface area contributed by atoms with Crippen molar-refractivity contribution < 1.29 is 4.39 Å². The summed E-state index contributed by atoms with van der Waals surface area (Å²) in [4.78, 5) is 0. The zero-order valence-electron chi connectivity index (χ0n) is 9.62. The Bertz CT molecular complexity index is 439. The van der Waals surface area contributed by atoms with Crippen molar-refractivity contribution in [1.29, 1.82) is 5.26 Å². The maximum Gasteiger partial charge on any atom is 0.125 e. The summed E-state index contributed by atoms with van der Waals surface area (Å²) in [6.07, 6.45) is 3.82. The second-order valence-electron chi connectivity index (χ2n) is 4.57. The van der Waals surface area contributed by atoms with E-state index in [1.54, 1.807) is 6.07 Å². The lowest BCUT2D eigenvalue weighted by molar-refractivity contribution is 0.395. The Balaban J connectivity index is 2.05. The minimum atomic E-state index is -0.297. The summed E-state index contributed by atoms with van der Waals surface area (Å²) in [7, 11) is 0. The van der Waals surface area contributed by atoms with E-state index in [4.69, 9.17) is 11.0 Å². The molecule has 0 amide bonds. The smallest absolute Gasteiger partial charge is 0.125 e. The molecule has 1 aliphatic carbocycles. The van der Waals surface area contributed by atoms with Gasteiger partial charge in [-0.05, 0) is 37.5 Å². The van der Waals surface area contributed by atoms with Gasteiger partial charge in [-0.3, -0.25) is 0 Å². The highest BCUT2D eigenvalue weighted by Gasteiger charge is 2.21. The summed E-state index contributed by atoms with van der Waals surface area (Å²) in [5.74, 6) is -0.189. The predicted molar refractivity (Wildman–Crippen MR) is 65.8 cm³/mol. The molecule has 0 radical (unpaired) electrons. The molecule has 2 rings (SSSR count). The van der Waals surface area contributed by atoms with Crippen LogP contribution in [0, 0.1) is 23.1 Å². The van der Waals surface area contributed by atoms with Gasteiger partial charge in [-0.1, -0.05) is 6.42 Å². The monoisotopic (exact) mass is 233 g/mol. The molecule has 2 atom stereocenters. The topological polar surface area (TPSA) is 61.8 Å². The Morgan fingerprint density at radius 1 is 1.41 bits per heavy atom. The highest BCUT2D eigenvalue weighted by atomic mass is 19.1. The van der Waals surface area contributed by atoms with E-state index in [0.29, 0.717) is 11.4 Å². The molecule has 1 fully saturated rings. The van der Waals surface area contributed by atoms with E-state index < -0.39 is 0 Å². The molecule has 90 valence electrons. The summed E-state index contributed by atoms with van der Waals surface area (Å²) >= 11 is 0. The van der Waals surface area contributed by atoms with Gasteiger partial charge in [0.15, 0.2) is 0 Å². The lowest BCUT2D eigenvalue weighted by Crippen LogP contribution is -2.27. The van der Waals surface area contributed by atoms with E-state index in [1.807, 2.05) is 0 Å². The zero-order chi connectivity index (χ0) is 12.3. The molecule has 0 aromatic heterocycles. The minimum absolute atomic E-state index is 0.107. The fourth-order valence-electron chi connectivity index (χ4n) is 2.31. The average molecular weight is 233 g/mol. The highest BCUT2D eigenvalue weighted by Crippen LogP contribution is 2.28. The largest absolute Gasteiger partial charge is 0.397 e. The van der Waals surface area contributed by atoms with E-state index in [9.17, 15) is 4.39 Å². The number of hydrogen-bond acceptors (Lipinski definition) is 3. The number of benzene rings is 1. The first-order valence-electron chi connectivity index (χ1n) is 5.90. The van der Waals surface area contributed by atoms with Crippen LogP contribution in [-0.2, 0) is 0 Å². The first-order chi connectivity index (χ1) is 8.19. The van der Waals surface area contributed by atoms with Crippen LogP contribution in [0.3, 0.4) is 0 Å². The Morgan fingerprint density at radius 3 is 3.00 bits per heavy atom. The number of anilines is 2. The highest BCUT2D eigenvalue weighted by molar-refractivity contribution is 5.66. The van der Waals surface area contributed by atoms with Crippen LogP contribution in [-0.4, -0.2) is 6.04 Å². The van der Waals surface area contributed by atoms with E-state index in [1.165, 1.54) is 12.1 Å². The second kappa shape index (κ2) is 5.05. The Kier molecular flexibility index (Phi) is 3.48. The van der Waals surface area contributed by atoms with Crippen LogP contribution in [0.4, 0.5) is 15.8 Å². The van der Waals surface area contributed by atoms with Crippen molar-refractivity contribution in [2.75, 3.05) is 11.1 Å². The SMILES string of the molecule is N#CC1CCCC(Nc2cc(F)ccc2N)C1. The van der Waals surface area contributed by atoms with E-state index in [0.717, 1.165) is 25.7 Å². The fraction of sp³-hybridized carbons (Fsp3) is 0.462. The van der Waals surface area contributed by atoms with Gasteiger partial charge < -0.3 is 11.1 Å². The number of nitriles is 1. The van der Waals surface area contributed by atoms with Crippen LogP contribution >= 0.6 is 0 Å². The van der Waals surface area contributed by atoms with Crippen molar-refractivity contribution >= 4 is 11.4 Å². The van der Waals surface area contributed by atoms with Gasteiger partial charge in [-0.2, -0.15) is 5.26 Å². The van der Waals surface area contributed by atoms with E-state index in [-0.39, 0.29) is 17.8 Å². The lowest BCUT2D eigenvalue weighted by atomic mass is 9.86. The molecule has 0 aliphatic heterocycles. The van der Waals surface area contributed by atoms with Gasteiger partial charge in [0.2, 0.25) is 0 Å². The van der Waals surface area contributed by atoms with Gasteiger partial charge in [0.05, 0.1) is 17.4 Å². The summed E-state index contributed by atoms with van der Waals surface area (Å²) in [5, 5.41) is 12.1. The third-order valence-electron chi connectivity index (χ3n) is 3.23. The first kappa shape index (κ1) is 11.7. The van der Waals surface area contributed by atoms with Crippen LogP contribution < -0.4 is 11.1 Å². The van der Waals surface area contributed by atoms with E-state index in [2.05, 4.69) is 11.4 Å². The van der Waals surface area contributed by atoms with Crippen molar-refractivity contribution in [3.8, 4) is 6.07 Å². The quantitative estimate of drug-likeness (QED) is 0.772. The van der Waals surface area contributed by atoms with Gasteiger partial charge in [-0.25, -0.2) is 4.39 Å². The van der Waals surface area contributed by atoms with Crippen molar-refractivity contribution in [2.24, 2.45) is 5.92 Å². The summed E-state index contributed by atoms with van der Waals surface area (Å²) < 4.78 is 13.1. The zero-order valence-corrected chi connectivity index (χ0v) is 9.62. The summed E-state index contributed by atoms with van der Waals surface area (Å²) in [6, 6.07) is 6.83. The molecule has 1 aromatic carbocycles. The van der Waals surface area contributed by atoms with E-state index >= 15 is 0 Å². The number of nitrogen functional groups attached to an aromatic ring is 1. The third-order valence-corrected chi connectivity index (χ3v) is 3.23. The van der Waals surface area contributed by atoms with Gasteiger partial charge >= 0.3 is 0 Å². The molecular weight excluding hydrogens is 217 g/mol. The molecule has 3 nitrogen and oxygen atoms in total. The Morgan fingerprint density at radius 2 is 2.24 bits per heavy atom. The predicted octanol–water partition coefficient (Wildman–Crippen LogP) is 2.90. The molecule has 0 spiro atoms.